The molecule has 2 rings (SSSR count). The van der Waals surface area contributed by atoms with Crippen molar-refractivity contribution in [3.63, 3.8) is 0 Å². The highest BCUT2D eigenvalue weighted by atomic mass is 79.9. The lowest BCUT2D eigenvalue weighted by Gasteiger charge is -2.24. The van der Waals surface area contributed by atoms with Gasteiger partial charge in [0.2, 0.25) is 0 Å². The number of rotatable bonds is 5. The Morgan fingerprint density at radius 2 is 2.09 bits per heavy atom. The third-order valence-corrected chi connectivity index (χ3v) is 5.34. The van der Waals surface area contributed by atoms with Crippen LogP contribution in [0.4, 0.5) is 5.69 Å². The van der Waals surface area contributed by atoms with Gasteiger partial charge in [0.1, 0.15) is 0 Å². The van der Waals surface area contributed by atoms with E-state index in [1.165, 1.54) is 16.0 Å². The third kappa shape index (κ3) is 4.66. The van der Waals surface area contributed by atoms with Gasteiger partial charge in [-0.15, -0.1) is 17.9 Å². The van der Waals surface area contributed by atoms with E-state index in [1.54, 1.807) is 11.3 Å². The molecule has 0 spiro atoms. The number of thiophene rings is 1. The third-order valence-electron chi connectivity index (χ3n) is 3.37. The summed E-state index contributed by atoms with van der Waals surface area (Å²) in [5, 5.41) is 4.04. The van der Waals surface area contributed by atoms with Crippen LogP contribution in [-0.2, 0) is 6.54 Å². The van der Waals surface area contributed by atoms with E-state index >= 15 is 0 Å². The molecule has 116 valence electrons. The maximum Gasteiger partial charge on any atom is 0.174 e. The summed E-state index contributed by atoms with van der Waals surface area (Å²) < 4.78 is 1.13. The van der Waals surface area contributed by atoms with Crippen molar-refractivity contribution in [3.8, 4) is 0 Å². The first-order chi connectivity index (χ1) is 10.5. The summed E-state index contributed by atoms with van der Waals surface area (Å²) >= 11 is 10.8. The second kappa shape index (κ2) is 7.90. The average molecular weight is 395 g/mol. The van der Waals surface area contributed by atoms with Crippen LogP contribution in [0, 0.1) is 13.8 Å². The smallest absolute Gasteiger partial charge is 0.174 e. The van der Waals surface area contributed by atoms with Crippen LogP contribution in [0.1, 0.15) is 16.0 Å². The summed E-state index contributed by atoms with van der Waals surface area (Å²) in [5.41, 5.74) is 3.56. The van der Waals surface area contributed by atoms with Crippen LogP contribution in [0.3, 0.4) is 0 Å². The lowest BCUT2D eigenvalue weighted by molar-refractivity contribution is 0.468. The number of nitrogens with zero attached hydrogens (tertiary/aromatic N) is 1. The number of nitrogens with one attached hydrogen (secondary N) is 1. The van der Waals surface area contributed by atoms with Crippen molar-refractivity contribution in [1.82, 2.24) is 4.90 Å². The van der Waals surface area contributed by atoms with Crippen LogP contribution in [0.15, 0.2) is 46.8 Å². The van der Waals surface area contributed by atoms with Crippen molar-refractivity contribution in [3.05, 3.63) is 62.8 Å². The molecule has 22 heavy (non-hydrogen) atoms. The van der Waals surface area contributed by atoms with Crippen LogP contribution < -0.4 is 5.32 Å². The number of benzene rings is 1. The number of thiocarbonyl (C=S) groups is 1. The standard InChI is InChI=1S/C17H19BrN2S2/c1-4-9-20(11-15-7-8-16(18)22-15)17(21)19-14-6-5-12(2)13(3)10-14/h4-8,10H,1,9,11H2,2-3H3,(H,19,21). The molecule has 0 aliphatic heterocycles. The van der Waals surface area contributed by atoms with Gasteiger partial charge in [-0.1, -0.05) is 12.1 Å². The highest BCUT2D eigenvalue weighted by Gasteiger charge is 2.11. The first-order valence-electron chi connectivity index (χ1n) is 6.98. The van der Waals surface area contributed by atoms with E-state index in [9.17, 15) is 0 Å². The van der Waals surface area contributed by atoms with Crippen molar-refractivity contribution in [2.24, 2.45) is 0 Å². The fourth-order valence-electron chi connectivity index (χ4n) is 2.02. The fourth-order valence-corrected chi connectivity index (χ4v) is 3.78. The number of halogens is 1. The van der Waals surface area contributed by atoms with Crippen LogP contribution in [0.25, 0.3) is 0 Å². The predicted molar refractivity (Wildman–Crippen MR) is 105 cm³/mol. The van der Waals surface area contributed by atoms with Crippen LogP contribution in [-0.4, -0.2) is 16.6 Å². The molecule has 0 bridgehead atoms. The molecule has 2 nitrogen and oxygen atoms in total. The van der Waals surface area contributed by atoms with Crippen molar-refractivity contribution in [2.75, 3.05) is 11.9 Å². The Labute approximate surface area is 150 Å². The van der Waals surface area contributed by atoms with E-state index in [1.807, 2.05) is 6.08 Å². The molecule has 0 fully saturated rings. The molecule has 1 heterocycles. The summed E-state index contributed by atoms with van der Waals surface area (Å²) in [6, 6.07) is 10.5. The van der Waals surface area contributed by atoms with Crippen molar-refractivity contribution in [2.45, 2.75) is 20.4 Å². The Kier molecular flexibility index (Phi) is 6.17. The summed E-state index contributed by atoms with van der Waals surface area (Å²) in [4.78, 5) is 3.37. The van der Waals surface area contributed by atoms with Gasteiger partial charge < -0.3 is 10.2 Å². The van der Waals surface area contributed by atoms with Crippen LogP contribution in [0.5, 0.6) is 0 Å². The van der Waals surface area contributed by atoms with Gasteiger partial charge in [0.05, 0.1) is 10.3 Å². The molecule has 0 amide bonds. The zero-order chi connectivity index (χ0) is 16.1. The van der Waals surface area contributed by atoms with E-state index in [4.69, 9.17) is 12.2 Å². The normalized spacial score (nSPS) is 10.3. The minimum atomic E-state index is 0.714. The van der Waals surface area contributed by atoms with Crippen LogP contribution in [0.2, 0.25) is 0 Å². The van der Waals surface area contributed by atoms with Crippen molar-refractivity contribution < 1.29 is 0 Å². The molecule has 0 saturated carbocycles. The Morgan fingerprint density at radius 1 is 1.32 bits per heavy atom. The monoisotopic (exact) mass is 394 g/mol. The Balaban J connectivity index is 2.08. The number of anilines is 1. The molecule has 0 aliphatic carbocycles. The number of hydrogen-bond acceptors (Lipinski definition) is 2. The summed E-state index contributed by atoms with van der Waals surface area (Å²) in [7, 11) is 0. The van der Waals surface area contributed by atoms with Gasteiger partial charge >= 0.3 is 0 Å². The fraction of sp³-hybridized carbons (Fsp3) is 0.235. The Hall–Kier alpha value is -1.17. The van der Waals surface area contributed by atoms with Gasteiger partial charge in [-0.3, -0.25) is 0 Å². The van der Waals surface area contributed by atoms with Crippen molar-refractivity contribution in [1.29, 1.82) is 0 Å². The second-order valence-electron chi connectivity index (χ2n) is 5.10. The van der Waals surface area contributed by atoms with Gasteiger partial charge in [0.25, 0.3) is 0 Å². The molecule has 0 unspecified atom stereocenters. The minimum absolute atomic E-state index is 0.714. The first kappa shape index (κ1) is 17.2. The summed E-state index contributed by atoms with van der Waals surface area (Å²) in [6.07, 6.45) is 1.87. The van der Waals surface area contributed by atoms with Crippen LogP contribution >= 0.6 is 39.5 Å². The molecule has 0 atom stereocenters. The Bertz CT molecular complexity index is 679. The molecule has 1 aromatic carbocycles. The average Bonchev–Trinajstić information content (AvgIpc) is 2.88. The first-order valence-corrected chi connectivity index (χ1v) is 8.99. The molecule has 2 aromatic rings. The molecule has 1 aromatic heterocycles. The SMILES string of the molecule is C=CCN(Cc1ccc(Br)s1)C(=S)Nc1ccc(C)c(C)c1. The maximum atomic E-state index is 5.56. The molecule has 0 saturated heterocycles. The van der Waals surface area contributed by atoms with E-state index in [0.717, 1.165) is 16.0 Å². The summed E-state index contributed by atoms with van der Waals surface area (Å²) in [6.45, 7) is 9.53. The maximum absolute atomic E-state index is 5.56. The van der Waals surface area contributed by atoms with Gasteiger partial charge in [0, 0.05) is 17.1 Å². The zero-order valence-electron chi connectivity index (χ0n) is 12.7. The predicted octanol–water partition coefficient (Wildman–Crippen LogP) is 5.51. The van der Waals surface area contributed by atoms with E-state index in [0.29, 0.717) is 11.7 Å². The zero-order valence-corrected chi connectivity index (χ0v) is 15.9. The van der Waals surface area contributed by atoms with Crippen molar-refractivity contribution >= 4 is 50.3 Å². The molecule has 0 aliphatic rings. The largest absolute Gasteiger partial charge is 0.340 e. The highest BCUT2D eigenvalue weighted by molar-refractivity contribution is 9.11. The molecule has 0 radical (unpaired) electrons. The van der Waals surface area contributed by atoms with Gasteiger partial charge in [-0.2, -0.15) is 0 Å². The van der Waals surface area contributed by atoms with Gasteiger partial charge in [0.15, 0.2) is 5.11 Å². The number of hydrogen-bond donors (Lipinski definition) is 1. The van der Waals surface area contributed by atoms with E-state index in [2.05, 4.69) is 76.9 Å². The lowest BCUT2D eigenvalue weighted by Crippen LogP contribution is -2.34. The second-order valence-corrected chi connectivity index (χ2v) is 8.04. The van der Waals surface area contributed by atoms with Gasteiger partial charge in [-0.25, -0.2) is 0 Å². The minimum Gasteiger partial charge on any atom is -0.340 e. The van der Waals surface area contributed by atoms with E-state index < -0.39 is 0 Å². The molecule has 1 N–H and O–H groups in total. The lowest BCUT2D eigenvalue weighted by atomic mass is 10.1. The Morgan fingerprint density at radius 3 is 2.68 bits per heavy atom. The molecular formula is C17H19BrN2S2. The van der Waals surface area contributed by atoms with E-state index in [-0.39, 0.29) is 0 Å². The molecular weight excluding hydrogens is 376 g/mol. The highest BCUT2D eigenvalue weighted by Crippen LogP contribution is 2.23. The number of aryl methyl sites for hydroxylation is 2. The topological polar surface area (TPSA) is 15.3 Å². The summed E-state index contributed by atoms with van der Waals surface area (Å²) in [5.74, 6) is 0. The quantitative estimate of drug-likeness (QED) is 0.531. The van der Waals surface area contributed by atoms with Gasteiger partial charge in [-0.05, 0) is 77.4 Å². The molecule has 5 heteroatoms.